The standard InChI is InChI=1S/C24H29NO6/c1-3-29-20-9-7-18(8-10-20)22(26)25-16-19-14-17(6-11-21(19)30-4-2)15-24(23(27)28)12-5-13-31-24/h6-11,14H,3-5,12-13,15-16H2,1-2H3,(H,25,26)(H,27,28). The van der Waals surface area contributed by atoms with Gasteiger partial charge in [-0.25, -0.2) is 4.79 Å². The van der Waals surface area contributed by atoms with Gasteiger partial charge in [0.2, 0.25) is 0 Å². The van der Waals surface area contributed by atoms with E-state index in [4.69, 9.17) is 14.2 Å². The molecular weight excluding hydrogens is 398 g/mol. The molecule has 166 valence electrons. The molecule has 1 heterocycles. The number of carboxylic acid groups (broad SMARTS) is 1. The van der Waals surface area contributed by atoms with Crippen molar-refractivity contribution in [2.24, 2.45) is 0 Å². The quantitative estimate of drug-likeness (QED) is 0.602. The summed E-state index contributed by atoms with van der Waals surface area (Å²) in [7, 11) is 0. The molecule has 0 spiro atoms. The number of carboxylic acids is 1. The fourth-order valence-corrected chi connectivity index (χ4v) is 3.73. The van der Waals surface area contributed by atoms with Gasteiger partial charge in [0.1, 0.15) is 11.5 Å². The van der Waals surface area contributed by atoms with Crippen LogP contribution in [0.25, 0.3) is 0 Å². The van der Waals surface area contributed by atoms with Gasteiger partial charge in [0, 0.05) is 30.7 Å². The Kier molecular flexibility index (Phi) is 7.52. The molecule has 1 aliphatic rings. The van der Waals surface area contributed by atoms with Crippen molar-refractivity contribution in [2.45, 2.75) is 45.3 Å². The normalized spacial score (nSPS) is 17.9. The number of amides is 1. The largest absolute Gasteiger partial charge is 0.494 e. The van der Waals surface area contributed by atoms with Gasteiger partial charge in [0.05, 0.1) is 13.2 Å². The zero-order valence-electron chi connectivity index (χ0n) is 18.0. The van der Waals surface area contributed by atoms with Crippen LogP contribution in [0.1, 0.15) is 48.2 Å². The van der Waals surface area contributed by atoms with Gasteiger partial charge in [-0.3, -0.25) is 4.79 Å². The number of nitrogens with one attached hydrogen (secondary N) is 1. The second-order valence-electron chi connectivity index (χ2n) is 7.44. The number of aliphatic carboxylic acids is 1. The first-order valence-electron chi connectivity index (χ1n) is 10.6. The van der Waals surface area contributed by atoms with Crippen LogP contribution in [0.5, 0.6) is 11.5 Å². The van der Waals surface area contributed by atoms with Crippen LogP contribution in [0.3, 0.4) is 0 Å². The number of hydrogen-bond donors (Lipinski definition) is 2. The van der Waals surface area contributed by atoms with E-state index in [1.54, 1.807) is 24.3 Å². The van der Waals surface area contributed by atoms with Gasteiger partial charge in [-0.2, -0.15) is 0 Å². The minimum Gasteiger partial charge on any atom is -0.494 e. The zero-order valence-corrected chi connectivity index (χ0v) is 18.0. The van der Waals surface area contributed by atoms with Crippen LogP contribution in [-0.2, 0) is 22.5 Å². The van der Waals surface area contributed by atoms with E-state index in [-0.39, 0.29) is 18.9 Å². The fourth-order valence-electron chi connectivity index (χ4n) is 3.73. The van der Waals surface area contributed by atoms with Crippen molar-refractivity contribution in [1.82, 2.24) is 5.32 Å². The fraction of sp³-hybridized carbons (Fsp3) is 0.417. The Morgan fingerprint density at radius 2 is 1.84 bits per heavy atom. The van der Waals surface area contributed by atoms with Crippen molar-refractivity contribution in [3.63, 3.8) is 0 Å². The monoisotopic (exact) mass is 427 g/mol. The third kappa shape index (κ3) is 5.55. The molecule has 0 saturated carbocycles. The lowest BCUT2D eigenvalue weighted by atomic mass is 9.91. The highest BCUT2D eigenvalue weighted by Gasteiger charge is 2.43. The average molecular weight is 427 g/mol. The Morgan fingerprint density at radius 1 is 1.10 bits per heavy atom. The highest BCUT2D eigenvalue weighted by molar-refractivity contribution is 5.94. The SMILES string of the molecule is CCOc1ccc(C(=O)NCc2cc(CC3(C(=O)O)CCCO3)ccc2OCC)cc1. The molecule has 1 saturated heterocycles. The molecular formula is C24H29NO6. The molecule has 1 fully saturated rings. The minimum atomic E-state index is -1.18. The highest BCUT2D eigenvalue weighted by atomic mass is 16.5. The molecule has 7 nitrogen and oxygen atoms in total. The molecule has 2 aromatic carbocycles. The summed E-state index contributed by atoms with van der Waals surface area (Å²) >= 11 is 0. The average Bonchev–Trinajstić information content (AvgIpc) is 3.24. The van der Waals surface area contributed by atoms with Crippen molar-refractivity contribution < 1.29 is 28.9 Å². The number of carbonyl (C=O) groups excluding carboxylic acids is 1. The maximum atomic E-state index is 12.6. The third-order valence-electron chi connectivity index (χ3n) is 5.27. The summed E-state index contributed by atoms with van der Waals surface area (Å²) in [6.07, 6.45) is 1.49. The summed E-state index contributed by atoms with van der Waals surface area (Å²) in [6.45, 7) is 5.56. The van der Waals surface area contributed by atoms with Crippen molar-refractivity contribution >= 4 is 11.9 Å². The first-order valence-corrected chi connectivity index (χ1v) is 10.6. The summed E-state index contributed by atoms with van der Waals surface area (Å²) in [4.78, 5) is 24.4. The van der Waals surface area contributed by atoms with Crippen molar-refractivity contribution in [3.8, 4) is 11.5 Å². The molecule has 31 heavy (non-hydrogen) atoms. The Balaban J connectivity index is 1.73. The van der Waals surface area contributed by atoms with Crippen molar-refractivity contribution in [3.05, 3.63) is 59.2 Å². The van der Waals surface area contributed by atoms with Crippen LogP contribution >= 0.6 is 0 Å². The van der Waals surface area contributed by atoms with E-state index in [1.807, 2.05) is 32.0 Å². The summed E-state index contributed by atoms with van der Waals surface area (Å²) in [5, 5.41) is 12.6. The number of ether oxygens (including phenoxy) is 3. The first-order chi connectivity index (χ1) is 15.0. The Morgan fingerprint density at radius 3 is 2.45 bits per heavy atom. The molecule has 1 atom stereocenters. The van der Waals surface area contributed by atoms with Crippen LogP contribution in [0.2, 0.25) is 0 Å². The summed E-state index contributed by atoms with van der Waals surface area (Å²) in [5.74, 6) is 0.225. The number of benzene rings is 2. The molecule has 0 aliphatic carbocycles. The molecule has 1 amide bonds. The van der Waals surface area contributed by atoms with Crippen LogP contribution in [-0.4, -0.2) is 42.4 Å². The Labute approximate surface area is 182 Å². The zero-order chi connectivity index (χ0) is 22.3. The van der Waals surface area contributed by atoms with Gasteiger partial charge >= 0.3 is 5.97 Å². The molecule has 3 rings (SSSR count). The van der Waals surface area contributed by atoms with Gasteiger partial charge in [0.25, 0.3) is 5.91 Å². The van der Waals surface area contributed by atoms with Gasteiger partial charge in [-0.1, -0.05) is 12.1 Å². The summed E-state index contributed by atoms with van der Waals surface area (Å²) in [6, 6.07) is 12.5. The van der Waals surface area contributed by atoms with Gasteiger partial charge in [0.15, 0.2) is 5.60 Å². The van der Waals surface area contributed by atoms with E-state index < -0.39 is 11.6 Å². The van der Waals surface area contributed by atoms with Crippen molar-refractivity contribution in [2.75, 3.05) is 19.8 Å². The van der Waals surface area contributed by atoms with Gasteiger partial charge in [-0.15, -0.1) is 0 Å². The smallest absolute Gasteiger partial charge is 0.336 e. The number of carbonyl (C=O) groups is 2. The van der Waals surface area contributed by atoms with E-state index >= 15 is 0 Å². The lowest BCUT2D eigenvalue weighted by Gasteiger charge is -2.24. The number of rotatable bonds is 10. The second-order valence-corrected chi connectivity index (χ2v) is 7.44. The van der Waals surface area contributed by atoms with E-state index in [1.165, 1.54) is 0 Å². The lowest BCUT2D eigenvalue weighted by molar-refractivity contribution is -0.159. The van der Waals surface area contributed by atoms with E-state index in [0.29, 0.717) is 43.3 Å². The number of hydrogen-bond acceptors (Lipinski definition) is 5. The molecule has 1 aliphatic heterocycles. The maximum Gasteiger partial charge on any atom is 0.336 e. The van der Waals surface area contributed by atoms with Crippen LogP contribution < -0.4 is 14.8 Å². The van der Waals surface area contributed by atoms with E-state index in [0.717, 1.165) is 17.5 Å². The molecule has 0 aromatic heterocycles. The molecule has 0 radical (unpaired) electrons. The summed E-state index contributed by atoms with van der Waals surface area (Å²) in [5.41, 5.74) is 0.965. The molecule has 0 bridgehead atoms. The van der Waals surface area contributed by atoms with Crippen LogP contribution in [0.15, 0.2) is 42.5 Å². The predicted octanol–water partition coefficient (Wildman–Crippen LogP) is 3.59. The van der Waals surface area contributed by atoms with Gasteiger partial charge < -0.3 is 24.6 Å². The van der Waals surface area contributed by atoms with E-state index in [9.17, 15) is 14.7 Å². The second kappa shape index (κ2) is 10.3. The minimum absolute atomic E-state index is 0.211. The maximum absolute atomic E-state index is 12.6. The highest BCUT2D eigenvalue weighted by Crippen LogP contribution is 2.31. The molecule has 2 N–H and O–H groups in total. The Bertz CT molecular complexity index is 903. The van der Waals surface area contributed by atoms with Gasteiger partial charge in [-0.05, 0) is 62.6 Å². The first kappa shape index (κ1) is 22.6. The van der Waals surface area contributed by atoms with Crippen molar-refractivity contribution in [1.29, 1.82) is 0 Å². The van der Waals surface area contributed by atoms with Crippen LogP contribution in [0, 0.1) is 0 Å². The lowest BCUT2D eigenvalue weighted by Crippen LogP contribution is -2.40. The Hall–Kier alpha value is -3.06. The predicted molar refractivity (Wildman–Crippen MR) is 116 cm³/mol. The van der Waals surface area contributed by atoms with E-state index in [2.05, 4.69) is 5.32 Å². The van der Waals surface area contributed by atoms with Crippen LogP contribution in [0.4, 0.5) is 0 Å². The molecule has 7 heteroatoms. The third-order valence-corrected chi connectivity index (χ3v) is 5.27. The topological polar surface area (TPSA) is 94.1 Å². The molecule has 1 unspecified atom stereocenters. The summed E-state index contributed by atoms with van der Waals surface area (Å²) < 4.78 is 16.7. The molecule has 2 aromatic rings.